The highest BCUT2D eigenvalue weighted by Crippen LogP contribution is 2.52. The van der Waals surface area contributed by atoms with Crippen LogP contribution in [0.5, 0.6) is 5.75 Å². The third-order valence-electron chi connectivity index (χ3n) is 7.37. The summed E-state index contributed by atoms with van der Waals surface area (Å²) >= 11 is 0. The van der Waals surface area contributed by atoms with Gasteiger partial charge in [0.15, 0.2) is 0 Å². The Kier molecular flexibility index (Phi) is 6.31. The predicted octanol–water partition coefficient (Wildman–Crippen LogP) is 3.94. The Morgan fingerprint density at radius 3 is 2.68 bits per heavy atom. The molecule has 6 rings (SSSR count). The second-order valence-corrected chi connectivity index (χ2v) is 9.99. The molecule has 9 heteroatoms. The number of nitrogens with zero attached hydrogens (tertiary/aromatic N) is 3. The van der Waals surface area contributed by atoms with E-state index in [1.165, 1.54) is 6.20 Å². The Morgan fingerprint density at radius 1 is 1.14 bits per heavy atom. The molecule has 3 N–H and O–H groups in total. The van der Waals surface area contributed by atoms with Crippen molar-refractivity contribution >= 4 is 5.97 Å². The van der Waals surface area contributed by atoms with Crippen molar-refractivity contribution in [1.29, 1.82) is 0 Å². The molecule has 2 aromatic carbocycles. The van der Waals surface area contributed by atoms with Crippen LogP contribution in [-0.4, -0.2) is 52.7 Å². The molecular weight excluding hydrogens is 470 g/mol. The van der Waals surface area contributed by atoms with E-state index in [2.05, 4.69) is 40.3 Å². The molecule has 1 saturated carbocycles. The Bertz CT molecular complexity index is 1330. The second kappa shape index (κ2) is 9.91. The molecule has 0 bridgehead atoms. The highest BCUT2D eigenvalue weighted by atomic mass is 16.5. The van der Waals surface area contributed by atoms with Gasteiger partial charge in [-0.25, -0.2) is 9.48 Å². The van der Waals surface area contributed by atoms with E-state index in [4.69, 9.17) is 9.47 Å². The van der Waals surface area contributed by atoms with Gasteiger partial charge >= 0.3 is 5.97 Å². The van der Waals surface area contributed by atoms with Crippen LogP contribution < -0.4 is 15.7 Å². The monoisotopic (exact) mass is 501 g/mol. The van der Waals surface area contributed by atoms with Gasteiger partial charge in [0.1, 0.15) is 11.3 Å². The first-order valence-electron chi connectivity index (χ1n) is 12.8. The van der Waals surface area contributed by atoms with Crippen molar-refractivity contribution in [2.24, 2.45) is 11.8 Å². The summed E-state index contributed by atoms with van der Waals surface area (Å²) in [5.41, 5.74) is 11.2. The fourth-order valence-electron chi connectivity index (χ4n) is 5.25. The molecule has 2 aliphatic heterocycles. The standard InChI is InChI=1S/C28H31N5O4/c1-32-16-26(30-31-32)23-14-24(23)27-25(28(34)35)15-29-33(27)21-6-2-4-19(12-21)20-5-3-7-22(13-20)37-17-18-8-10-36-11-9-18/h2-7,12-13,15-16,18,23-24,30-31H,8-11,14,17H2,1H3,(H,34,35). The number of aromatic carboxylic acids is 1. The van der Waals surface area contributed by atoms with Gasteiger partial charge in [0, 0.05) is 44.0 Å². The van der Waals surface area contributed by atoms with Crippen molar-refractivity contribution in [1.82, 2.24) is 25.7 Å². The zero-order valence-corrected chi connectivity index (χ0v) is 20.8. The summed E-state index contributed by atoms with van der Waals surface area (Å²) < 4.78 is 13.4. The van der Waals surface area contributed by atoms with Gasteiger partial charge in [-0.15, -0.1) is 5.53 Å². The number of nitrogens with one attached hydrogen (secondary N) is 2. The molecule has 2 atom stereocenters. The number of hydrogen-bond donors (Lipinski definition) is 3. The van der Waals surface area contributed by atoms with Gasteiger partial charge in [0.05, 0.1) is 24.2 Å². The van der Waals surface area contributed by atoms with Crippen molar-refractivity contribution in [2.75, 3.05) is 26.9 Å². The van der Waals surface area contributed by atoms with Crippen LogP contribution >= 0.6 is 0 Å². The number of aromatic nitrogens is 2. The average Bonchev–Trinajstić information content (AvgIpc) is 3.37. The molecule has 3 heterocycles. The summed E-state index contributed by atoms with van der Waals surface area (Å²) in [5.74, 6) is 0.713. The van der Waals surface area contributed by atoms with Crippen LogP contribution in [0.2, 0.25) is 0 Å². The van der Waals surface area contributed by atoms with E-state index in [-0.39, 0.29) is 17.4 Å². The molecular formula is C28H31N5O4. The maximum absolute atomic E-state index is 12.1. The Hall–Kier alpha value is -3.82. The lowest BCUT2D eigenvalue weighted by molar-refractivity contribution is 0.0497. The van der Waals surface area contributed by atoms with Crippen molar-refractivity contribution < 1.29 is 19.4 Å². The molecule has 0 radical (unpaired) electrons. The molecule has 2 fully saturated rings. The minimum Gasteiger partial charge on any atom is -0.493 e. The van der Waals surface area contributed by atoms with Gasteiger partial charge in [-0.1, -0.05) is 24.3 Å². The number of carbonyl (C=O) groups is 1. The maximum atomic E-state index is 12.1. The van der Waals surface area contributed by atoms with E-state index >= 15 is 0 Å². The number of rotatable bonds is 8. The summed E-state index contributed by atoms with van der Waals surface area (Å²) in [6.45, 7) is 2.31. The number of carboxylic acids is 1. The number of allylic oxidation sites excluding steroid dienone is 1. The molecule has 37 heavy (non-hydrogen) atoms. The zero-order valence-electron chi connectivity index (χ0n) is 20.8. The van der Waals surface area contributed by atoms with Crippen LogP contribution in [0.1, 0.15) is 41.2 Å². The largest absolute Gasteiger partial charge is 0.493 e. The first-order chi connectivity index (χ1) is 18.1. The summed E-state index contributed by atoms with van der Waals surface area (Å²) in [6, 6.07) is 16.2. The van der Waals surface area contributed by atoms with E-state index in [0.717, 1.165) is 66.4 Å². The first kappa shape index (κ1) is 23.6. The maximum Gasteiger partial charge on any atom is 0.339 e. The topological polar surface area (TPSA) is 101 Å². The van der Waals surface area contributed by atoms with Crippen molar-refractivity contribution in [3.63, 3.8) is 0 Å². The second-order valence-electron chi connectivity index (χ2n) is 9.99. The molecule has 1 aliphatic carbocycles. The number of hydrazine groups is 2. The smallest absolute Gasteiger partial charge is 0.339 e. The lowest BCUT2D eigenvalue weighted by Crippen LogP contribution is -2.33. The van der Waals surface area contributed by atoms with Crippen LogP contribution in [0.15, 0.2) is 66.6 Å². The molecule has 1 aromatic heterocycles. The van der Waals surface area contributed by atoms with Gasteiger partial charge in [0.2, 0.25) is 0 Å². The third kappa shape index (κ3) is 4.92. The lowest BCUT2D eigenvalue weighted by Gasteiger charge is -2.22. The van der Waals surface area contributed by atoms with Crippen LogP contribution in [0.3, 0.4) is 0 Å². The van der Waals surface area contributed by atoms with Gasteiger partial charge in [-0.3, -0.25) is 5.01 Å². The van der Waals surface area contributed by atoms with Crippen LogP contribution in [0.4, 0.5) is 0 Å². The Balaban J connectivity index is 1.26. The molecule has 3 aromatic rings. The summed E-state index contributed by atoms with van der Waals surface area (Å²) in [4.78, 5) is 12.1. The number of benzene rings is 2. The normalized spacial score (nSPS) is 21.4. The van der Waals surface area contributed by atoms with Crippen molar-refractivity contribution in [3.8, 4) is 22.6 Å². The molecule has 2 unspecified atom stereocenters. The van der Waals surface area contributed by atoms with Crippen molar-refractivity contribution in [3.05, 3.63) is 77.9 Å². The first-order valence-corrected chi connectivity index (χ1v) is 12.8. The molecule has 0 amide bonds. The van der Waals surface area contributed by atoms with Gasteiger partial charge in [0.25, 0.3) is 0 Å². The van der Waals surface area contributed by atoms with Crippen LogP contribution in [-0.2, 0) is 4.74 Å². The molecule has 1 saturated heterocycles. The van der Waals surface area contributed by atoms with Gasteiger partial charge in [-0.05, 0) is 60.6 Å². The van der Waals surface area contributed by atoms with E-state index in [0.29, 0.717) is 12.5 Å². The van der Waals surface area contributed by atoms with E-state index in [9.17, 15) is 9.90 Å². The van der Waals surface area contributed by atoms with Gasteiger partial charge in [-0.2, -0.15) is 5.10 Å². The Labute approximate surface area is 215 Å². The van der Waals surface area contributed by atoms with E-state index in [1.807, 2.05) is 42.5 Å². The van der Waals surface area contributed by atoms with Gasteiger partial charge < -0.3 is 20.0 Å². The summed E-state index contributed by atoms with van der Waals surface area (Å²) in [5, 5.41) is 16.2. The highest BCUT2D eigenvalue weighted by Gasteiger charge is 2.46. The van der Waals surface area contributed by atoms with E-state index < -0.39 is 5.97 Å². The number of carboxylic acid groups (broad SMARTS) is 1. The minimum atomic E-state index is -0.957. The average molecular weight is 502 g/mol. The quantitative estimate of drug-likeness (QED) is 0.427. The fraction of sp³-hybridized carbons (Fsp3) is 0.357. The predicted molar refractivity (Wildman–Crippen MR) is 138 cm³/mol. The Morgan fingerprint density at radius 2 is 1.92 bits per heavy atom. The third-order valence-corrected chi connectivity index (χ3v) is 7.37. The fourth-order valence-corrected chi connectivity index (χ4v) is 5.25. The molecule has 192 valence electrons. The SMILES string of the molecule is CN1C=C(C2CC2c2c(C(=O)O)cnn2-c2cccc(-c3cccc(OCC4CCOCC4)c3)c2)NN1. The van der Waals surface area contributed by atoms with E-state index in [1.54, 1.807) is 4.68 Å². The molecule has 0 spiro atoms. The van der Waals surface area contributed by atoms with Crippen LogP contribution in [0.25, 0.3) is 16.8 Å². The lowest BCUT2D eigenvalue weighted by atomic mass is 10.0. The van der Waals surface area contributed by atoms with Crippen LogP contribution in [0, 0.1) is 11.8 Å². The molecule has 3 aliphatic rings. The van der Waals surface area contributed by atoms with Crippen molar-refractivity contribution in [2.45, 2.75) is 25.2 Å². The summed E-state index contributed by atoms with van der Waals surface area (Å²) in [7, 11) is 1.92. The minimum absolute atomic E-state index is 0.0752. The number of hydrogen-bond acceptors (Lipinski definition) is 7. The number of ether oxygens (including phenoxy) is 2. The highest BCUT2D eigenvalue weighted by molar-refractivity contribution is 5.89. The summed E-state index contributed by atoms with van der Waals surface area (Å²) in [6.07, 6.45) is 6.41. The molecule has 9 nitrogen and oxygen atoms in total. The zero-order chi connectivity index (χ0) is 25.4.